The van der Waals surface area contributed by atoms with Crippen LogP contribution in [0.3, 0.4) is 0 Å². The van der Waals surface area contributed by atoms with Gasteiger partial charge in [0.05, 0.1) is 0 Å². The van der Waals surface area contributed by atoms with Crippen LogP contribution >= 0.6 is 0 Å². The van der Waals surface area contributed by atoms with E-state index in [2.05, 4.69) is 18.7 Å². The third-order valence-electron chi connectivity index (χ3n) is 10.9. The standard InChI is InChI=1S/C26H41NO7/c1-15(14-21(28)22(29)27(32)23(30)24(31)34-33)18-9-10-19-17-8-7-16-6-4-5-12-25(16,2)20(17)11-13-26(18,19)3/h15-21,28,32-33H,4-14H2,1-3H3/t15?,16?,17-,18+,19-,20-,21?,25-,26+/m0/s1. The molecular formula is C26H41NO7. The lowest BCUT2D eigenvalue weighted by Gasteiger charge is -2.61. The second-order valence-corrected chi connectivity index (χ2v) is 12.2. The molecular weight excluding hydrogens is 438 g/mol. The van der Waals surface area contributed by atoms with Crippen molar-refractivity contribution in [2.75, 3.05) is 0 Å². The highest BCUT2D eigenvalue weighted by molar-refractivity contribution is 6.34. The van der Waals surface area contributed by atoms with Crippen LogP contribution in [0.1, 0.15) is 91.4 Å². The summed E-state index contributed by atoms with van der Waals surface area (Å²) in [7, 11) is 0. The molecule has 0 saturated heterocycles. The summed E-state index contributed by atoms with van der Waals surface area (Å²) in [6.45, 7) is 7.01. The molecule has 192 valence electrons. The van der Waals surface area contributed by atoms with E-state index in [-0.39, 0.29) is 17.8 Å². The maximum atomic E-state index is 12.3. The van der Waals surface area contributed by atoms with Crippen LogP contribution in [-0.2, 0) is 19.3 Å². The molecule has 0 heterocycles. The Labute approximate surface area is 201 Å². The van der Waals surface area contributed by atoms with Gasteiger partial charge in [-0.2, -0.15) is 5.26 Å². The predicted octanol–water partition coefficient (Wildman–Crippen LogP) is 4.18. The number of hydroxylamine groups is 2. The van der Waals surface area contributed by atoms with E-state index in [0.717, 1.165) is 24.2 Å². The number of aliphatic hydroxyl groups excluding tert-OH is 1. The minimum atomic E-state index is -1.79. The molecule has 3 N–H and O–H groups in total. The number of hydrogen-bond donors (Lipinski definition) is 3. The highest BCUT2D eigenvalue weighted by Gasteiger charge is 2.60. The summed E-state index contributed by atoms with van der Waals surface area (Å²) in [5.74, 6) is -1.32. The van der Waals surface area contributed by atoms with E-state index >= 15 is 0 Å². The first-order valence-corrected chi connectivity index (χ1v) is 13.1. The fraction of sp³-hybridized carbons (Fsp3) is 0.885. The van der Waals surface area contributed by atoms with Crippen molar-refractivity contribution >= 4 is 17.8 Å². The lowest BCUT2D eigenvalue weighted by molar-refractivity contribution is -0.239. The molecule has 0 spiro atoms. The third kappa shape index (κ3) is 4.09. The monoisotopic (exact) mass is 479 g/mol. The van der Waals surface area contributed by atoms with Gasteiger partial charge in [-0.1, -0.05) is 33.6 Å². The molecule has 4 fully saturated rings. The third-order valence-corrected chi connectivity index (χ3v) is 10.9. The van der Waals surface area contributed by atoms with Gasteiger partial charge in [0.2, 0.25) is 0 Å². The number of imide groups is 1. The summed E-state index contributed by atoms with van der Waals surface area (Å²) in [5.41, 5.74) is 0.651. The molecule has 3 unspecified atom stereocenters. The first-order valence-electron chi connectivity index (χ1n) is 13.1. The second kappa shape index (κ2) is 9.51. The van der Waals surface area contributed by atoms with E-state index in [0.29, 0.717) is 17.3 Å². The Morgan fingerprint density at radius 2 is 1.68 bits per heavy atom. The number of carbonyl (C=O) groups is 3. The number of amides is 2. The van der Waals surface area contributed by atoms with Crippen LogP contribution in [-0.4, -0.2) is 44.5 Å². The Balaban J connectivity index is 1.42. The fourth-order valence-corrected chi connectivity index (χ4v) is 9.25. The number of hydrogen-bond acceptors (Lipinski definition) is 7. The first-order chi connectivity index (χ1) is 16.0. The Bertz CT molecular complexity index is 817. The highest BCUT2D eigenvalue weighted by Crippen LogP contribution is 2.68. The molecule has 4 rings (SSSR count). The smallest absolute Gasteiger partial charge is 0.383 e. The van der Waals surface area contributed by atoms with Gasteiger partial charge < -0.3 is 5.11 Å². The maximum absolute atomic E-state index is 12.3. The summed E-state index contributed by atoms with van der Waals surface area (Å²) in [6.07, 6.45) is 11.4. The SMILES string of the molecule is CC(CC(O)C(=O)N(O)C(=O)C(=O)OO)[C@H]1CC[C@H]2[C@@H]3CCC4CCCC[C@]4(C)[C@H]3CC[C@]12C. The Kier molecular flexibility index (Phi) is 7.15. The molecule has 4 saturated carbocycles. The van der Waals surface area contributed by atoms with Crippen LogP contribution in [0.15, 0.2) is 0 Å². The molecule has 2 amide bonds. The van der Waals surface area contributed by atoms with E-state index in [1.54, 1.807) is 0 Å². The molecule has 0 aromatic carbocycles. The minimum Gasteiger partial charge on any atom is -0.383 e. The zero-order valence-corrected chi connectivity index (χ0v) is 20.7. The Hall–Kier alpha value is -1.51. The number of rotatable bonds is 4. The van der Waals surface area contributed by atoms with E-state index in [4.69, 9.17) is 5.26 Å². The van der Waals surface area contributed by atoms with Crippen LogP contribution in [0.4, 0.5) is 0 Å². The molecule has 4 aliphatic rings. The molecule has 0 aliphatic heterocycles. The largest absolute Gasteiger partial charge is 0.432 e. The summed E-state index contributed by atoms with van der Waals surface area (Å²) < 4.78 is 0. The van der Waals surface area contributed by atoms with Crippen molar-refractivity contribution in [3.05, 3.63) is 0 Å². The van der Waals surface area contributed by atoms with Crippen molar-refractivity contribution in [2.45, 2.75) is 97.5 Å². The summed E-state index contributed by atoms with van der Waals surface area (Å²) in [4.78, 5) is 38.2. The average Bonchev–Trinajstić information content (AvgIpc) is 3.18. The van der Waals surface area contributed by atoms with Crippen molar-refractivity contribution in [2.24, 2.45) is 46.3 Å². The van der Waals surface area contributed by atoms with Crippen molar-refractivity contribution in [3.8, 4) is 0 Å². The van der Waals surface area contributed by atoms with Gasteiger partial charge in [-0.05, 0) is 104 Å². The molecule has 0 bridgehead atoms. The van der Waals surface area contributed by atoms with Gasteiger partial charge in [0.25, 0.3) is 5.91 Å². The van der Waals surface area contributed by atoms with Crippen LogP contribution in [0.5, 0.6) is 0 Å². The molecule has 8 heteroatoms. The normalized spacial score (nSPS) is 40.8. The average molecular weight is 480 g/mol. The summed E-state index contributed by atoms with van der Waals surface area (Å²) in [6, 6.07) is 0. The van der Waals surface area contributed by atoms with E-state index in [1.165, 1.54) is 57.8 Å². The lowest BCUT2D eigenvalue weighted by Crippen LogP contribution is -2.53. The predicted molar refractivity (Wildman–Crippen MR) is 122 cm³/mol. The van der Waals surface area contributed by atoms with Crippen molar-refractivity contribution in [1.29, 1.82) is 0 Å². The van der Waals surface area contributed by atoms with Gasteiger partial charge in [-0.15, -0.1) is 5.06 Å². The molecule has 0 aromatic heterocycles. The van der Waals surface area contributed by atoms with Crippen molar-refractivity contribution < 1.29 is 34.8 Å². The Morgan fingerprint density at radius 3 is 2.38 bits per heavy atom. The van der Waals surface area contributed by atoms with Crippen LogP contribution in [0, 0.1) is 46.3 Å². The van der Waals surface area contributed by atoms with Crippen LogP contribution in [0.2, 0.25) is 0 Å². The molecule has 0 radical (unpaired) electrons. The molecule has 9 atom stereocenters. The number of fused-ring (bicyclic) bond motifs is 5. The van der Waals surface area contributed by atoms with Crippen molar-refractivity contribution in [3.63, 3.8) is 0 Å². The van der Waals surface area contributed by atoms with Gasteiger partial charge in [-0.25, -0.2) is 4.79 Å². The molecule has 0 aromatic rings. The van der Waals surface area contributed by atoms with Gasteiger partial charge in [0, 0.05) is 0 Å². The van der Waals surface area contributed by atoms with Gasteiger partial charge in [0.1, 0.15) is 6.10 Å². The van der Waals surface area contributed by atoms with Crippen molar-refractivity contribution in [1.82, 2.24) is 5.06 Å². The summed E-state index contributed by atoms with van der Waals surface area (Å²) in [5, 5.41) is 27.9. The van der Waals surface area contributed by atoms with E-state index in [9.17, 15) is 24.7 Å². The Morgan fingerprint density at radius 1 is 0.971 bits per heavy atom. The summed E-state index contributed by atoms with van der Waals surface area (Å²) >= 11 is 0. The molecule has 34 heavy (non-hydrogen) atoms. The van der Waals surface area contributed by atoms with Gasteiger partial charge in [-0.3, -0.25) is 19.7 Å². The maximum Gasteiger partial charge on any atom is 0.432 e. The zero-order chi connectivity index (χ0) is 24.8. The first kappa shape index (κ1) is 25.6. The lowest BCUT2D eigenvalue weighted by atomic mass is 9.44. The number of aliphatic hydroxyl groups is 1. The molecule has 8 nitrogen and oxygen atoms in total. The second-order valence-electron chi connectivity index (χ2n) is 12.2. The zero-order valence-electron chi connectivity index (χ0n) is 20.7. The number of carbonyl (C=O) groups excluding carboxylic acids is 3. The van der Waals surface area contributed by atoms with Gasteiger partial charge >= 0.3 is 11.9 Å². The number of nitrogens with zero attached hydrogens (tertiary/aromatic N) is 1. The quantitative estimate of drug-likeness (QED) is 0.239. The van der Waals surface area contributed by atoms with Gasteiger partial charge in [0.15, 0.2) is 0 Å². The van der Waals surface area contributed by atoms with E-state index < -0.39 is 29.0 Å². The fourth-order valence-electron chi connectivity index (χ4n) is 9.25. The molecule has 4 aliphatic carbocycles. The van der Waals surface area contributed by atoms with E-state index in [1.807, 2.05) is 6.92 Å². The highest BCUT2D eigenvalue weighted by atomic mass is 17.1. The minimum absolute atomic E-state index is 0.0143. The topological polar surface area (TPSA) is 124 Å². The van der Waals surface area contributed by atoms with Crippen LogP contribution < -0.4 is 0 Å². The van der Waals surface area contributed by atoms with Crippen LogP contribution in [0.25, 0.3) is 0 Å².